The maximum atomic E-state index is 13.4. The lowest BCUT2D eigenvalue weighted by atomic mass is 9.95. The largest absolute Gasteiger partial charge is 0.444 e. The molecule has 0 bridgehead atoms. The molecule has 4 rings (SSSR count). The summed E-state index contributed by atoms with van der Waals surface area (Å²) >= 11 is 3.58. The van der Waals surface area contributed by atoms with Crippen molar-refractivity contribution < 1.29 is 24.5 Å². The fourth-order valence-corrected chi connectivity index (χ4v) is 4.86. The van der Waals surface area contributed by atoms with Crippen LogP contribution in [-0.2, 0) is 4.74 Å². The number of carbonyl (C=O) groups is 2. The van der Waals surface area contributed by atoms with Gasteiger partial charge >= 0.3 is 12.1 Å². The third kappa shape index (κ3) is 5.17. The first kappa shape index (κ1) is 25.5. The molecule has 36 heavy (non-hydrogen) atoms. The van der Waals surface area contributed by atoms with Crippen LogP contribution >= 0.6 is 15.9 Å². The lowest BCUT2D eigenvalue weighted by Gasteiger charge is -2.21. The molecule has 3 amide bonds. The minimum Gasteiger partial charge on any atom is -0.444 e. The zero-order valence-electron chi connectivity index (χ0n) is 20.3. The van der Waals surface area contributed by atoms with Crippen molar-refractivity contribution in [2.75, 3.05) is 27.4 Å². The van der Waals surface area contributed by atoms with Crippen LogP contribution in [0.25, 0.3) is 16.8 Å². The van der Waals surface area contributed by atoms with E-state index in [4.69, 9.17) is 4.74 Å². The number of hydrogen-bond donors (Lipinski definition) is 3. The predicted molar refractivity (Wildman–Crippen MR) is 146 cm³/mol. The van der Waals surface area contributed by atoms with E-state index in [2.05, 4.69) is 38.0 Å². The third-order valence-electron chi connectivity index (χ3n) is 5.82. The second-order valence-electron chi connectivity index (χ2n) is 9.47. The number of amides is 3. The molecule has 0 spiro atoms. The van der Waals surface area contributed by atoms with Gasteiger partial charge < -0.3 is 14.9 Å². The van der Waals surface area contributed by atoms with Crippen LogP contribution in [0.3, 0.4) is 0 Å². The highest BCUT2D eigenvalue weighted by Crippen LogP contribution is 2.45. The number of urea groups is 1. The molecular weight excluding hydrogens is 526 g/mol. The SMILES string of the molecule is C=Cc1cc(NC(=O)OC(C)(C)C)ccc1NC(=O)N1C[C@@H](CBr)c2c1cc(OO)c1ccccc21. The summed E-state index contributed by atoms with van der Waals surface area (Å²) in [5, 5.41) is 17.5. The summed E-state index contributed by atoms with van der Waals surface area (Å²) in [7, 11) is 0. The van der Waals surface area contributed by atoms with Gasteiger partial charge in [0.1, 0.15) is 5.60 Å². The molecule has 0 saturated heterocycles. The maximum absolute atomic E-state index is 13.4. The monoisotopic (exact) mass is 553 g/mol. The number of carbonyl (C=O) groups excluding carboxylic acids is 2. The summed E-state index contributed by atoms with van der Waals surface area (Å²) in [4.78, 5) is 31.8. The molecule has 3 aromatic carbocycles. The van der Waals surface area contributed by atoms with E-state index in [-0.39, 0.29) is 17.7 Å². The fraction of sp³-hybridized carbons (Fsp3) is 0.259. The van der Waals surface area contributed by atoms with Gasteiger partial charge in [-0.3, -0.25) is 10.2 Å². The molecule has 1 aliphatic rings. The van der Waals surface area contributed by atoms with E-state index in [1.54, 1.807) is 56.0 Å². The molecule has 0 fully saturated rings. The molecule has 3 N–H and O–H groups in total. The minimum atomic E-state index is -0.621. The van der Waals surface area contributed by atoms with Gasteiger partial charge in [-0.25, -0.2) is 14.8 Å². The molecule has 0 aromatic heterocycles. The zero-order valence-corrected chi connectivity index (χ0v) is 21.9. The standard InChI is InChI=1S/C27H28BrN3O5/c1-5-16-12-18(29-26(33)35-27(2,3)4)10-11-21(16)30-25(32)31-15-17(14-28)24-20-9-7-6-8-19(20)23(36-34)13-22(24)31/h5-13,17,34H,1,14-15H2,2-4H3,(H,29,33)(H,30,32)/t17-/m1/s1. The highest BCUT2D eigenvalue weighted by Gasteiger charge is 2.35. The molecule has 9 heteroatoms. The van der Waals surface area contributed by atoms with Crippen molar-refractivity contribution in [3.8, 4) is 5.75 Å². The van der Waals surface area contributed by atoms with E-state index >= 15 is 0 Å². The van der Waals surface area contributed by atoms with Crippen molar-refractivity contribution in [1.82, 2.24) is 0 Å². The number of nitrogens with zero attached hydrogens (tertiary/aromatic N) is 1. The number of fused-ring (bicyclic) bond motifs is 3. The number of benzene rings is 3. The van der Waals surface area contributed by atoms with Crippen LogP contribution < -0.4 is 20.4 Å². The van der Waals surface area contributed by atoms with Crippen LogP contribution in [0.1, 0.15) is 37.8 Å². The third-order valence-corrected chi connectivity index (χ3v) is 6.60. The second kappa shape index (κ2) is 10.2. The average Bonchev–Trinajstić information content (AvgIpc) is 3.22. The first-order valence-corrected chi connectivity index (χ1v) is 12.6. The van der Waals surface area contributed by atoms with Gasteiger partial charge in [-0.15, -0.1) is 0 Å². The van der Waals surface area contributed by atoms with Crippen molar-refractivity contribution in [2.24, 2.45) is 0 Å². The van der Waals surface area contributed by atoms with E-state index in [1.807, 2.05) is 24.3 Å². The number of hydrogen-bond acceptors (Lipinski definition) is 5. The smallest absolute Gasteiger partial charge is 0.412 e. The van der Waals surface area contributed by atoms with Gasteiger partial charge in [0.2, 0.25) is 0 Å². The summed E-state index contributed by atoms with van der Waals surface area (Å²) in [5.74, 6) is 0.337. The summed E-state index contributed by atoms with van der Waals surface area (Å²) in [5.41, 5.74) is 2.74. The van der Waals surface area contributed by atoms with E-state index < -0.39 is 11.7 Å². The topological polar surface area (TPSA) is 100 Å². The molecule has 3 aromatic rings. The van der Waals surface area contributed by atoms with Crippen LogP contribution in [0, 0.1) is 0 Å². The van der Waals surface area contributed by atoms with Crippen LogP contribution in [0.15, 0.2) is 55.1 Å². The number of ether oxygens (including phenoxy) is 1. The van der Waals surface area contributed by atoms with Crippen molar-refractivity contribution in [2.45, 2.75) is 32.3 Å². The van der Waals surface area contributed by atoms with Gasteiger partial charge in [-0.1, -0.05) is 52.9 Å². The maximum Gasteiger partial charge on any atom is 0.412 e. The lowest BCUT2D eigenvalue weighted by molar-refractivity contribution is -0.136. The quantitative estimate of drug-likeness (QED) is 0.176. The van der Waals surface area contributed by atoms with E-state index in [0.717, 1.165) is 16.3 Å². The Labute approximate surface area is 217 Å². The Morgan fingerprint density at radius 1 is 1.17 bits per heavy atom. The molecule has 1 atom stereocenters. The van der Waals surface area contributed by atoms with Crippen LogP contribution in [-0.4, -0.2) is 34.9 Å². The van der Waals surface area contributed by atoms with Crippen molar-refractivity contribution >= 4 is 62.0 Å². The van der Waals surface area contributed by atoms with Gasteiger partial charge in [-0.2, -0.15) is 0 Å². The Bertz CT molecular complexity index is 1330. The highest BCUT2D eigenvalue weighted by molar-refractivity contribution is 9.09. The lowest BCUT2D eigenvalue weighted by Crippen LogP contribution is -2.34. The Morgan fingerprint density at radius 2 is 1.89 bits per heavy atom. The molecular formula is C27H28BrN3O5. The molecule has 0 aliphatic carbocycles. The molecule has 0 saturated carbocycles. The van der Waals surface area contributed by atoms with Gasteiger partial charge in [0, 0.05) is 40.6 Å². The van der Waals surface area contributed by atoms with Crippen molar-refractivity contribution in [3.63, 3.8) is 0 Å². The number of halogens is 1. The Hall–Kier alpha value is -3.56. The Morgan fingerprint density at radius 3 is 2.53 bits per heavy atom. The number of nitrogens with one attached hydrogen (secondary N) is 2. The van der Waals surface area contributed by atoms with Crippen LogP contribution in [0.4, 0.5) is 26.7 Å². The van der Waals surface area contributed by atoms with Crippen LogP contribution in [0.5, 0.6) is 5.75 Å². The van der Waals surface area contributed by atoms with Gasteiger partial charge in [0.25, 0.3) is 0 Å². The molecule has 1 heterocycles. The summed E-state index contributed by atoms with van der Waals surface area (Å²) in [6.07, 6.45) is 1.03. The van der Waals surface area contributed by atoms with Gasteiger partial charge in [-0.05, 0) is 55.5 Å². The predicted octanol–water partition coefficient (Wildman–Crippen LogP) is 7.21. The fourth-order valence-electron chi connectivity index (χ4n) is 4.33. The highest BCUT2D eigenvalue weighted by atomic mass is 79.9. The number of rotatable bonds is 5. The molecule has 1 aliphatic heterocycles. The first-order valence-electron chi connectivity index (χ1n) is 11.4. The van der Waals surface area contributed by atoms with Gasteiger partial charge in [0.05, 0.1) is 5.69 Å². The van der Waals surface area contributed by atoms with Crippen molar-refractivity contribution in [1.29, 1.82) is 0 Å². The number of anilines is 3. The normalized spacial score (nSPS) is 14.8. The van der Waals surface area contributed by atoms with Crippen molar-refractivity contribution in [3.05, 3.63) is 66.2 Å². The van der Waals surface area contributed by atoms with E-state index in [0.29, 0.717) is 34.5 Å². The Balaban J connectivity index is 1.61. The van der Waals surface area contributed by atoms with E-state index in [9.17, 15) is 14.8 Å². The molecule has 188 valence electrons. The van der Waals surface area contributed by atoms with Gasteiger partial charge in [0.15, 0.2) is 5.75 Å². The summed E-state index contributed by atoms with van der Waals surface area (Å²) < 4.78 is 5.30. The zero-order chi connectivity index (χ0) is 26.0. The number of alkyl halides is 1. The first-order chi connectivity index (χ1) is 17.1. The Kier molecular flexibility index (Phi) is 7.23. The second-order valence-corrected chi connectivity index (χ2v) is 10.1. The molecule has 8 nitrogen and oxygen atoms in total. The van der Waals surface area contributed by atoms with Crippen LogP contribution in [0.2, 0.25) is 0 Å². The summed E-state index contributed by atoms with van der Waals surface area (Å²) in [6, 6.07) is 14.0. The van der Waals surface area contributed by atoms with E-state index in [1.165, 1.54) is 0 Å². The molecule has 0 unspecified atom stereocenters. The minimum absolute atomic E-state index is 0.0580. The molecule has 0 radical (unpaired) electrons. The average molecular weight is 554 g/mol. The summed E-state index contributed by atoms with van der Waals surface area (Å²) in [6.45, 7) is 9.65.